The van der Waals surface area contributed by atoms with Crippen molar-refractivity contribution in [2.75, 3.05) is 20.3 Å². The summed E-state index contributed by atoms with van der Waals surface area (Å²) in [5, 5.41) is 3.41. The second kappa shape index (κ2) is 5.95. The zero-order valence-electron chi connectivity index (χ0n) is 9.74. The fraction of sp³-hybridized carbons (Fsp3) is 0.455. The molecule has 1 N–H and O–H groups in total. The predicted octanol–water partition coefficient (Wildman–Crippen LogP) is 3.16. The molecule has 16 heavy (non-hydrogen) atoms. The van der Waals surface area contributed by atoms with Gasteiger partial charge < -0.3 is 14.2 Å². The normalized spacial score (nSPS) is 9.69. The van der Waals surface area contributed by atoms with Gasteiger partial charge in [0.15, 0.2) is 17.2 Å². The molecule has 0 aromatic heterocycles. The molecule has 0 bridgehead atoms. The van der Waals surface area contributed by atoms with Crippen LogP contribution in [-0.4, -0.2) is 20.3 Å². The average molecular weight is 224 g/mol. The Labute approximate surface area is 94.8 Å². The first-order valence-electron chi connectivity index (χ1n) is 5.11. The lowest BCUT2D eigenvalue weighted by molar-refractivity contribution is 0.318. The highest BCUT2D eigenvalue weighted by Crippen LogP contribution is 2.41. The molecule has 0 amide bonds. The highest BCUT2D eigenvalue weighted by atomic mass is 16.5. The molecule has 0 atom stereocenters. The molecule has 0 aliphatic carbocycles. The standard InChI is InChI=1S/C11H16N2O3/c1-4-15-8-6-9(14-3)11(13-12)10(7-8)16-5-2/h6-7,12H,4-5H2,1-3H3. The Balaban J connectivity index is 3.19. The first-order chi connectivity index (χ1) is 7.76. The first-order valence-corrected chi connectivity index (χ1v) is 5.11. The van der Waals surface area contributed by atoms with Crippen LogP contribution in [0.2, 0.25) is 0 Å². The third kappa shape index (κ3) is 2.62. The van der Waals surface area contributed by atoms with Crippen LogP contribution in [0.25, 0.3) is 0 Å². The smallest absolute Gasteiger partial charge is 0.169 e. The molecule has 88 valence electrons. The first kappa shape index (κ1) is 12.3. The molecule has 0 saturated heterocycles. The second-order valence-corrected chi connectivity index (χ2v) is 2.95. The van der Waals surface area contributed by atoms with Gasteiger partial charge in [-0.25, -0.2) is 5.53 Å². The molecule has 0 unspecified atom stereocenters. The Morgan fingerprint density at radius 1 is 1.12 bits per heavy atom. The number of rotatable bonds is 6. The predicted molar refractivity (Wildman–Crippen MR) is 60.1 cm³/mol. The fourth-order valence-corrected chi connectivity index (χ4v) is 1.34. The number of methoxy groups -OCH3 is 1. The van der Waals surface area contributed by atoms with Crippen molar-refractivity contribution in [3.8, 4) is 17.2 Å². The minimum Gasteiger partial charge on any atom is -0.494 e. The second-order valence-electron chi connectivity index (χ2n) is 2.95. The molecule has 0 aliphatic heterocycles. The lowest BCUT2D eigenvalue weighted by Gasteiger charge is -2.12. The molecule has 0 saturated carbocycles. The fourth-order valence-electron chi connectivity index (χ4n) is 1.34. The van der Waals surface area contributed by atoms with Crippen molar-refractivity contribution in [1.29, 1.82) is 5.53 Å². The van der Waals surface area contributed by atoms with Crippen molar-refractivity contribution in [2.45, 2.75) is 13.8 Å². The summed E-state index contributed by atoms with van der Waals surface area (Å²) in [7, 11) is 1.52. The van der Waals surface area contributed by atoms with Crippen molar-refractivity contribution in [1.82, 2.24) is 0 Å². The molecule has 0 heterocycles. The van der Waals surface area contributed by atoms with Gasteiger partial charge in [0.05, 0.1) is 20.3 Å². The summed E-state index contributed by atoms with van der Waals surface area (Å²) < 4.78 is 15.9. The lowest BCUT2D eigenvalue weighted by Crippen LogP contribution is -1.97. The molecule has 0 fully saturated rings. The number of hydrogen-bond acceptors (Lipinski definition) is 5. The van der Waals surface area contributed by atoms with E-state index in [1.807, 2.05) is 13.8 Å². The summed E-state index contributed by atoms with van der Waals surface area (Å²) in [4.78, 5) is 0. The van der Waals surface area contributed by atoms with E-state index >= 15 is 0 Å². The van der Waals surface area contributed by atoms with Gasteiger partial charge in [-0.2, -0.15) is 5.11 Å². The maximum Gasteiger partial charge on any atom is 0.169 e. The van der Waals surface area contributed by atoms with Crippen LogP contribution in [0.4, 0.5) is 5.69 Å². The number of hydrogen-bond donors (Lipinski definition) is 1. The van der Waals surface area contributed by atoms with Crippen LogP contribution in [0, 0.1) is 5.53 Å². The van der Waals surface area contributed by atoms with Crippen LogP contribution in [0.3, 0.4) is 0 Å². The molecular formula is C11H16N2O3. The Morgan fingerprint density at radius 2 is 1.75 bits per heavy atom. The van der Waals surface area contributed by atoms with E-state index in [1.165, 1.54) is 7.11 Å². The van der Waals surface area contributed by atoms with E-state index in [4.69, 9.17) is 19.7 Å². The Hall–Kier alpha value is -1.78. The van der Waals surface area contributed by atoms with Gasteiger partial charge in [-0.1, -0.05) is 0 Å². The van der Waals surface area contributed by atoms with Crippen LogP contribution < -0.4 is 14.2 Å². The Kier molecular flexibility index (Phi) is 4.57. The molecule has 0 spiro atoms. The van der Waals surface area contributed by atoms with Crippen LogP contribution >= 0.6 is 0 Å². The molecule has 0 aliphatic rings. The van der Waals surface area contributed by atoms with Crippen LogP contribution in [0.15, 0.2) is 17.2 Å². The van der Waals surface area contributed by atoms with Gasteiger partial charge in [-0.05, 0) is 13.8 Å². The molecule has 5 heteroatoms. The number of ether oxygens (including phenoxy) is 3. The van der Waals surface area contributed by atoms with E-state index in [-0.39, 0.29) is 0 Å². The van der Waals surface area contributed by atoms with E-state index in [0.717, 1.165) is 0 Å². The SMILES string of the molecule is CCOc1cc(OC)c(N=N)c(OCC)c1. The van der Waals surface area contributed by atoms with E-state index in [9.17, 15) is 0 Å². The molecule has 1 aromatic carbocycles. The van der Waals surface area contributed by atoms with Gasteiger partial charge in [0.25, 0.3) is 0 Å². The van der Waals surface area contributed by atoms with Crippen LogP contribution in [0.5, 0.6) is 17.2 Å². The topological polar surface area (TPSA) is 63.9 Å². The molecular weight excluding hydrogens is 208 g/mol. The minimum atomic E-state index is 0.382. The average Bonchev–Trinajstić information content (AvgIpc) is 2.29. The van der Waals surface area contributed by atoms with Crippen LogP contribution in [-0.2, 0) is 0 Å². The van der Waals surface area contributed by atoms with E-state index in [0.29, 0.717) is 36.1 Å². The molecule has 1 rings (SSSR count). The highest BCUT2D eigenvalue weighted by molar-refractivity contribution is 5.64. The number of benzene rings is 1. The Bertz CT molecular complexity index is 366. The van der Waals surface area contributed by atoms with E-state index in [1.54, 1.807) is 12.1 Å². The van der Waals surface area contributed by atoms with E-state index < -0.39 is 0 Å². The zero-order chi connectivity index (χ0) is 12.0. The summed E-state index contributed by atoms with van der Waals surface area (Å²) >= 11 is 0. The summed E-state index contributed by atoms with van der Waals surface area (Å²) in [6.45, 7) is 4.83. The highest BCUT2D eigenvalue weighted by Gasteiger charge is 2.12. The maximum atomic E-state index is 7.10. The largest absolute Gasteiger partial charge is 0.494 e. The Morgan fingerprint density at radius 3 is 2.25 bits per heavy atom. The van der Waals surface area contributed by atoms with Gasteiger partial charge in [0, 0.05) is 12.1 Å². The summed E-state index contributed by atoms with van der Waals surface area (Å²) in [6, 6.07) is 3.41. The minimum absolute atomic E-state index is 0.382. The summed E-state index contributed by atoms with van der Waals surface area (Å²) in [5.41, 5.74) is 7.49. The van der Waals surface area contributed by atoms with Crippen molar-refractivity contribution in [2.24, 2.45) is 5.11 Å². The van der Waals surface area contributed by atoms with Crippen molar-refractivity contribution >= 4 is 5.69 Å². The van der Waals surface area contributed by atoms with Crippen molar-refractivity contribution < 1.29 is 14.2 Å². The summed E-state index contributed by atoms with van der Waals surface area (Å²) in [5.74, 6) is 1.62. The summed E-state index contributed by atoms with van der Waals surface area (Å²) in [6.07, 6.45) is 0. The van der Waals surface area contributed by atoms with Crippen LogP contribution in [0.1, 0.15) is 13.8 Å². The third-order valence-corrected chi connectivity index (χ3v) is 1.96. The maximum absolute atomic E-state index is 7.10. The van der Waals surface area contributed by atoms with Gasteiger partial charge in [-0.15, -0.1) is 0 Å². The van der Waals surface area contributed by atoms with Crippen molar-refractivity contribution in [3.63, 3.8) is 0 Å². The van der Waals surface area contributed by atoms with Gasteiger partial charge in [-0.3, -0.25) is 0 Å². The van der Waals surface area contributed by atoms with E-state index in [2.05, 4.69) is 5.11 Å². The zero-order valence-corrected chi connectivity index (χ0v) is 9.74. The van der Waals surface area contributed by atoms with Gasteiger partial charge in [0.2, 0.25) is 0 Å². The van der Waals surface area contributed by atoms with Gasteiger partial charge >= 0.3 is 0 Å². The molecule has 0 radical (unpaired) electrons. The number of nitrogens with one attached hydrogen (secondary N) is 1. The van der Waals surface area contributed by atoms with Crippen molar-refractivity contribution in [3.05, 3.63) is 12.1 Å². The quantitative estimate of drug-likeness (QED) is 0.755. The monoisotopic (exact) mass is 224 g/mol. The molecule has 5 nitrogen and oxygen atoms in total. The van der Waals surface area contributed by atoms with Gasteiger partial charge in [0.1, 0.15) is 5.75 Å². The third-order valence-electron chi connectivity index (χ3n) is 1.96. The number of nitrogens with zero attached hydrogens (tertiary/aromatic N) is 1. The lowest BCUT2D eigenvalue weighted by atomic mass is 10.2. The molecule has 1 aromatic rings.